The van der Waals surface area contributed by atoms with Crippen LogP contribution in [0.1, 0.15) is 78.7 Å². The first kappa shape index (κ1) is 17.4. The Morgan fingerprint density at radius 1 is 1.23 bits per heavy atom. The molecular weight excluding hydrogens is 296 g/mol. The molecule has 1 saturated carbocycles. The van der Waals surface area contributed by atoms with Gasteiger partial charge in [-0.05, 0) is 38.8 Å². The van der Waals surface area contributed by atoms with Gasteiger partial charge in [0.1, 0.15) is 4.88 Å². The van der Waals surface area contributed by atoms with Gasteiger partial charge in [-0.25, -0.2) is 9.78 Å². The van der Waals surface area contributed by atoms with Crippen LogP contribution in [-0.4, -0.2) is 40.6 Å². The van der Waals surface area contributed by atoms with Crippen molar-refractivity contribution >= 4 is 17.3 Å². The number of hydrogen-bond acceptors (Lipinski definition) is 4. The third-order valence-corrected chi connectivity index (χ3v) is 5.27. The van der Waals surface area contributed by atoms with Gasteiger partial charge in [-0.3, -0.25) is 0 Å². The number of carboxylic acids is 1. The molecule has 0 amide bonds. The Labute approximate surface area is 137 Å². The third-order valence-electron chi connectivity index (χ3n) is 4.15. The highest BCUT2D eigenvalue weighted by molar-refractivity contribution is 7.13. The minimum Gasteiger partial charge on any atom is -0.477 e. The number of rotatable bonds is 11. The minimum atomic E-state index is -0.806. The number of hydrogen-bond donors (Lipinski definition) is 1. The molecule has 1 N–H and O–H groups in total. The van der Waals surface area contributed by atoms with Crippen molar-refractivity contribution < 1.29 is 9.90 Å². The Hall–Kier alpha value is -0.940. The molecular formula is C17H28N2O2S. The zero-order valence-corrected chi connectivity index (χ0v) is 14.6. The van der Waals surface area contributed by atoms with E-state index in [9.17, 15) is 9.90 Å². The van der Waals surface area contributed by atoms with E-state index >= 15 is 0 Å². The zero-order chi connectivity index (χ0) is 15.9. The summed E-state index contributed by atoms with van der Waals surface area (Å²) in [6, 6.07) is 0. The summed E-state index contributed by atoms with van der Waals surface area (Å²) in [5.74, 6) is -0.396. The summed E-state index contributed by atoms with van der Waals surface area (Å²) in [5.41, 5.74) is 0.848. The zero-order valence-electron chi connectivity index (χ0n) is 13.8. The number of carbonyl (C=O) groups is 1. The Morgan fingerprint density at radius 2 is 1.86 bits per heavy atom. The molecule has 1 fully saturated rings. The standard InChI is InChI=1S/C17H28N2O2S/c1-3-5-10-19(11-6-4-2)12-9-14-18-15(13-7-8-13)16(22-14)17(20)21/h13H,3-12H2,1-2H3,(H,20,21). The van der Waals surface area contributed by atoms with Crippen LogP contribution in [0.4, 0.5) is 0 Å². The maximum Gasteiger partial charge on any atom is 0.347 e. The van der Waals surface area contributed by atoms with Crippen LogP contribution in [0.25, 0.3) is 0 Å². The molecule has 22 heavy (non-hydrogen) atoms. The van der Waals surface area contributed by atoms with Crippen molar-refractivity contribution in [1.82, 2.24) is 9.88 Å². The molecule has 0 bridgehead atoms. The second kappa shape index (κ2) is 8.63. The van der Waals surface area contributed by atoms with E-state index in [1.807, 2.05) is 0 Å². The van der Waals surface area contributed by atoms with Crippen LogP contribution in [0.15, 0.2) is 0 Å². The molecule has 1 aliphatic carbocycles. The van der Waals surface area contributed by atoms with Crippen molar-refractivity contribution in [1.29, 1.82) is 0 Å². The van der Waals surface area contributed by atoms with Crippen molar-refractivity contribution in [2.24, 2.45) is 0 Å². The molecule has 0 atom stereocenters. The van der Waals surface area contributed by atoms with Crippen molar-refractivity contribution in [3.05, 3.63) is 15.6 Å². The summed E-state index contributed by atoms with van der Waals surface area (Å²) in [6.45, 7) is 7.72. The van der Waals surface area contributed by atoms with E-state index < -0.39 is 5.97 Å². The summed E-state index contributed by atoms with van der Waals surface area (Å²) < 4.78 is 0. The van der Waals surface area contributed by atoms with E-state index in [0.29, 0.717) is 10.8 Å². The van der Waals surface area contributed by atoms with Gasteiger partial charge in [0.15, 0.2) is 0 Å². The number of aromatic nitrogens is 1. The Balaban J connectivity index is 1.93. The second-order valence-electron chi connectivity index (χ2n) is 6.20. The maximum absolute atomic E-state index is 11.3. The van der Waals surface area contributed by atoms with Crippen LogP contribution >= 0.6 is 11.3 Å². The summed E-state index contributed by atoms with van der Waals surface area (Å²) in [5, 5.41) is 10.3. The SMILES string of the molecule is CCCCN(CCCC)CCc1nc(C2CC2)c(C(=O)O)s1. The molecule has 0 saturated heterocycles. The van der Waals surface area contributed by atoms with E-state index in [4.69, 9.17) is 0 Å². The number of aromatic carboxylic acids is 1. The lowest BCUT2D eigenvalue weighted by Crippen LogP contribution is -2.28. The van der Waals surface area contributed by atoms with E-state index in [0.717, 1.165) is 49.6 Å². The quantitative estimate of drug-likeness (QED) is 0.664. The van der Waals surface area contributed by atoms with Gasteiger partial charge in [0.05, 0.1) is 10.7 Å². The number of carboxylic acid groups (broad SMARTS) is 1. The smallest absolute Gasteiger partial charge is 0.347 e. The van der Waals surface area contributed by atoms with Gasteiger partial charge in [-0.1, -0.05) is 26.7 Å². The number of unbranched alkanes of at least 4 members (excludes halogenated alkanes) is 2. The fourth-order valence-corrected chi connectivity index (χ4v) is 3.60. The van der Waals surface area contributed by atoms with Crippen molar-refractivity contribution in [2.75, 3.05) is 19.6 Å². The second-order valence-corrected chi connectivity index (χ2v) is 7.28. The van der Waals surface area contributed by atoms with E-state index in [1.54, 1.807) is 0 Å². The highest BCUT2D eigenvalue weighted by Crippen LogP contribution is 2.42. The predicted octanol–water partition coefficient (Wildman–Crippen LogP) is 4.16. The third kappa shape index (κ3) is 5.06. The van der Waals surface area contributed by atoms with Crippen LogP contribution in [0.3, 0.4) is 0 Å². The maximum atomic E-state index is 11.3. The number of nitrogens with zero attached hydrogens (tertiary/aromatic N) is 2. The van der Waals surface area contributed by atoms with Crippen LogP contribution in [-0.2, 0) is 6.42 Å². The van der Waals surface area contributed by atoms with Gasteiger partial charge in [-0.2, -0.15) is 0 Å². The first-order valence-corrected chi connectivity index (χ1v) is 9.42. The van der Waals surface area contributed by atoms with Gasteiger partial charge in [0.25, 0.3) is 0 Å². The van der Waals surface area contributed by atoms with E-state index in [1.165, 1.54) is 37.0 Å². The predicted molar refractivity (Wildman–Crippen MR) is 91.0 cm³/mol. The molecule has 0 aliphatic heterocycles. The van der Waals surface area contributed by atoms with Crippen LogP contribution in [0, 0.1) is 0 Å². The molecule has 1 heterocycles. The lowest BCUT2D eigenvalue weighted by Gasteiger charge is -2.21. The normalized spacial score (nSPS) is 14.7. The summed E-state index contributed by atoms with van der Waals surface area (Å²) in [4.78, 5) is 19.0. The molecule has 0 spiro atoms. The molecule has 1 aliphatic rings. The van der Waals surface area contributed by atoms with Gasteiger partial charge >= 0.3 is 5.97 Å². The Morgan fingerprint density at radius 3 is 2.36 bits per heavy atom. The number of thiazole rings is 1. The van der Waals surface area contributed by atoms with Crippen molar-refractivity contribution in [3.63, 3.8) is 0 Å². The minimum absolute atomic E-state index is 0.410. The van der Waals surface area contributed by atoms with Crippen LogP contribution < -0.4 is 0 Å². The Kier molecular flexibility index (Phi) is 6.83. The average molecular weight is 324 g/mol. The monoisotopic (exact) mass is 324 g/mol. The molecule has 1 aromatic rings. The van der Waals surface area contributed by atoms with Gasteiger partial charge < -0.3 is 10.0 Å². The summed E-state index contributed by atoms with van der Waals surface area (Å²) >= 11 is 1.39. The molecule has 0 radical (unpaired) electrons. The fourth-order valence-electron chi connectivity index (χ4n) is 2.62. The van der Waals surface area contributed by atoms with E-state index in [2.05, 4.69) is 23.7 Å². The molecule has 0 unspecified atom stereocenters. The van der Waals surface area contributed by atoms with Crippen molar-refractivity contribution in [2.45, 2.75) is 64.7 Å². The first-order chi connectivity index (χ1) is 10.7. The molecule has 2 rings (SSSR count). The topological polar surface area (TPSA) is 53.4 Å². The van der Waals surface area contributed by atoms with Crippen LogP contribution in [0.5, 0.6) is 0 Å². The van der Waals surface area contributed by atoms with Crippen molar-refractivity contribution in [3.8, 4) is 0 Å². The molecule has 5 heteroatoms. The average Bonchev–Trinajstić information content (AvgIpc) is 3.26. The summed E-state index contributed by atoms with van der Waals surface area (Å²) in [7, 11) is 0. The van der Waals surface area contributed by atoms with Gasteiger partial charge in [0.2, 0.25) is 0 Å². The summed E-state index contributed by atoms with van der Waals surface area (Å²) in [6.07, 6.45) is 7.98. The fraction of sp³-hybridized carbons (Fsp3) is 0.765. The molecule has 1 aromatic heterocycles. The first-order valence-electron chi connectivity index (χ1n) is 8.60. The lowest BCUT2D eigenvalue weighted by atomic mass is 10.2. The van der Waals surface area contributed by atoms with E-state index in [-0.39, 0.29) is 0 Å². The molecule has 124 valence electrons. The van der Waals surface area contributed by atoms with Gasteiger partial charge in [-0.15, -0.1) is 11.3 Å². The Bertz CT molecular complexity index is 475. The van der Waals surface area contributed by atoms with Crippen LogP contribution in [0.2, 0.25) is 0 Å². The molecule has 0 aromatic carbocycles. The highest BCUT2D eigenvalue weighted by Gasteiger charge is 2.31. The lowest BCUT2D eigenvalue weighted by molar-refractivity contribution is 0.0700. The van der Waals surface area contributed by atoms with Gasteiger partial charge in [0, 0.05) is 18.9 Å². The largest absolute Gasteiger partial charge is 0.477 e. The molecule has 4 nitrogen and oxygen atoms in total. The highest BCUT2D eigenvalue weighted by atomic mass is 32.1.